The molecule has 0 amide bonds. The van der Waals surface area contributed by atoms with Crippen LogP contribution in [0.25, 0.3) is 33.3 Å². The number of nitrogens with zero attached hydrogens (tertiary/aromatic N) is 4. The first kappa shape index (κ1) is 42.8. The summed E-state index contributed by atoms with van der Waals surface area (Å²) in [6.45, 7) is 16.7. The topological polar surface area (TPSA) is 66.4 Å². The number of aryl methyl sites for hydroxylation is 4. The van der Waals surface area contributed by atoms with Crippen molar-refractivity contribution in [3.63, 3.8) is 0 Å². The molecule has 0 atom stereocenters. The summed E-state index contributed by atoms with van der Waals surface area (Å²) >= 11 is 12.7. The zero-order chi connectivity index (χ0) is 45.5. The van der Waals surface area contributed by atoms with Crippen molar-refractivity contribution >= 4 is 68.8 Å². The molecular formula is C54H44Cl2F2N4O2. The maximum absolute atomic E-state index is 15.2. The number of benzene rings is 6. The van der Waals surface area contributed by atoms with Gasteiger partial charge in [-0.25, -0.2) is 18.7 Å². The first-order chi connectivity index (χ1) is 30.5. The van der Waals surface area contributed by atoms with Gasteiger partial charge in [-0.05, 0) is 86.1 Å². The maximum Gasteiger partial charge on any atom is 0.197 e. The van der Waals surface area contributed by atoms with Gasteiger partial charge in [0.1, 0.15) is 5.82 Å². The number of hydrogen-bond acceptors (Lipinski definition) is 6. The molecule has 64 heavy (non-hydrogen) atoms. The van der Waals surface area contributed by atoms with Crippen molar-refractivity contribution < 1.29 is 18.4 Å². The Labute approximate surface area is 381 Å². The lowest BCUT2D eigenvalue weighted by Gasteiger charge is -2.32. The van der Waals surface area contributed by atoms with Gasteiger partial charge in [-0.15, -0.1) is 0 Å². The summed E-state index contributed by atoms with van der Waals surface area (Å²) < 4.78 is 30.4. The number of hydrogen-bond donors (Lipinski definition) is 0. The summed E-state index contributed by atoms with van der Waals surface area (Å²) in [6, 6.07) is 30.1. The molecule has 0 N–H and O–H groups in total. The zero-order valence-electron chi connectivity index (χ0n) is 36.7. The molecule has 1 aliphatic heterocycles. The van der Waals surface area contributed by atoms with Crippen molar-refractivity contribution in [3.05, 3.63) is 187 Å². The summed E-state index contributed by atoms with van der Waals surface area (Å²) in [7, 11) is 0. The third kappa shape index (κ3) is 7.28. The van der Waals surface area contributed by atoms with Gasteiger partial charge in [0.05, 0.1) is 38.0 Å². The van der Waals surface area contributed by atoms with E-state index in [9.17, 15) is 9.59 Å². The van der Waals surface area contributed by atoms with E-state index in [4.69, 9.17) is 33.2 Å². The first-order valence-electron chi connectivity index (χ1n) is 21.2. The van der Waals surface area contributed by atoms with Gasteiger partial charge in [0.2, 0.25) is 0 Å². The highest BCUT2D eigenvalue weighted by atomic mass is 35.5. The Morgan fingerprint density at radius 1 is 0.531 bits per heavy atom. The van der Waals surface area contributed by atoms with Crippen LogP contribution in [0, 0.1) is 39.3 Å². The Balaban J connectivity index is 1.46. The standard InChI is InChI=1S/C54H44Cl2F2N4O2/c1-27(2)35-11-9-12-36(28(3)4)49(35)61-48(16-15-39-51(63)40-23-42(55)43(56)24-41(40)52(39)64)62(54-53(61)59-46-25-44(57)45(58)26-47(46)60-54)50-37(33-19-29(5)17-30(6)20-33)13-10-14-38(50)34-21-31(7)18-32(8)22-34/h9-28H,1-8H3/b48-16+. The highest BCUT2D eigenvalue weighted by Gasteiger charge is 2.42. The molecule has 0 saturated heterocycles. The van der Waals surface area contributed by atoms with Crippen LogP contribution in [0.4, 0.5) is 31.8 Å². The number of fused-ring (bicyclic) bond motifs is 3. The number of para-hydroxylation sites is 2. The normalized spacial score (nSPS) is 14.2. The number of halogens is 4. The van der Waals surface area contributed by atoms with E-state index < -0.39 is 23.2 Å². The van der Waals surface area contributed by atoms with E-state index in [0.29, 0.717) is 17.5 Å². The molecule has 0 spiro atoms. The molecule has 0 saturated carbocycles. The van der Waals surface area contributed by atoms with Crippen LogP contribution in [0.5, 0.6) is 0 Å². The fourth-order valence-corrected chi connectivity index (χ4v) is 9.47. The Kier molecular flexibility index (Phi) is 10.9. The Hall–Kier alpha value is -6.48. The van der Waals surface area contributed by atoms with Gasteiger partial charge >= 0.3 is 0 Å². The van der Waals surface area contributed by atoms with Crippen LogP contribution in [0.15, 0.2) is 121 Å². The molecular weight excluding hydrogens is 846 g/mol. The van der Waals surface area contributed by atoms with E-state index in [1.54, 1.807) is 6.08 Å². The smallest absolute Gasteiger partial charge is 0.197 e. The minimum absolute atomic E-state index is 0.0149. The predicted octanol–water partition coefficient (Wildman–Crippen LogP) is 15.2. The average Bonchev–Trinajstić information content (AvgIpc) is 3.65. The van der Waals surface area contributed by atoms with Gasteiger partial charge in [0.25, 0.3) is 0 Å². The number of carbonyl (C=O) groups is 2. The third-order valence-corrected chi connectivity index (χ3v) is 12.6. The molecule has 6 nitrogen and oxygen atoms in total. The number of anilines is 4. The van der Waals surface area contributed by atoms with Crippen LogP contribution < -0.4 is 9.80 Å². The van der Waals surface area contributed by atoms with Crippen molar-refractivity contribution in [2.45, 2.75) is 67.2 Å². The highest BCUT2D eigenvalue weighted by Crippen LogP contribution is 2.55. The molecule has 320 valence electrons. The predicted molar refractivity (Wildman–Crippen MR) is 256 cm³/mol. The lowest BCUT2D eigenvalue weighted by atomic mass is 9.91. The summed E-state index contributed by atoms with van der Waals surface area (Å²) in [4.78, 5) is 42.7. The number of Topliss-reactive ketones (excluding diaryl/α,β-unsaturated/α-hetero) is 2. The molecule has 0 fully saturated rings. The maximum atomic E-state index is 15.2. The zero-order valence-corrected chi connectivity index (χ0v) is 38.2. The second-order valence-electron chi connectivity index (χ2n) is 17.4. The second kappa shape index (κ2) is 16.3. The highest BCUT2D eigenvalue weighted by molar-refractivity contribution is 6.45. The van der Waals surface area contributed by atoms with Gasteiger partial charge in [0, 0.05) is 34.4 Å². The Morgan fingerprint density at radius 3 is 1.36 bits per heavy atom. The SMILES string of the molecule is Cc1cc(C)cc(-c2cccc(-c3cc(C)cc(C)c3)c2N2/C(=C/C=C3C(=O)c4cc(Cl)c(Cl)cc4C3=O)N(c3c(C(C)C)cccc3C(C)C)c3nc4cc(F)c(F)cc4nc32)c1. The van der Waals surface area contributed by atoms with E-state index in [-0.39, 0.29) is 49.6 Å². The van der Waals surface area contributed by atoms with E-state index in [1.807, 2.05) is 21.9 Å². The van der Waals surface area contributed by atoms with Gasteiger partial charge in [-0.2, -0.15) is 0 Å². The van der Waals surface area contributed by atoms with Crippen molar-refractivity contribution in [3.8, 4) is 22.3 Å². The molecule has 0 bridgehead atoms. The van der Waals surface area contributed by atoms with Crippen molar-refractivity contribution in [2.24, 2.45) is 0 Å². The number of carbonyl (C=O) groups excluding carboxylic acids is 2. The van der Waals surface area contributed by atoms with Gasteiger partial charge in [-0.3, -0.25) is 19.4 Å². The van der Waals surface area contributed by atoms with Crippen LogP contribution in [0.2, 0.25) is 10.0 Å². The number of rotatable bonds is 7. The molecule has 10 heteroatoms. The van der Waals surface area contributed by atoms with Crippen LogP contribution in [0.3, 0.4) is 0 Å². The van der Waals surface area contributed by atoms with E-state index in [1.165, 1.54) is 18.2 Å². The summed E-state index contributed by atoms with van der Waals surface area (Å²) in [5.41, 5.74) is 11.9. The first-order valence-corrected chi connectivity index (χ1v) is 22.0. The minimum atomic E-state index is -1.06. The van der Waals surface area contributed by atoms with Crippen LogP contribution in [-0.4, -0.2) is 21.5 Å². The fourth-order valence-electron chi connectivity index (χ4n) is 9.15. The van der Waals surface area contributed by atoms with Gasteiger partial charge in [-0.1, -0.05) is 146 Å². The number of ketones is 2. The molecule has 0 unspecified atom stereocenters. The molecule has 9 rings (SSSR count). The van der Waals surface area contributed by atoms with Gasteiger partial charge < -0.3 is 0 Å². The summed E-state index contributed by atoms with van der Waals surface area (Å²) in [6.07, 6.45) is 3.29. The molecule has 7 aromatic rings. The lowest BCUT2D eigenvalue weighted by Crippen LogP contribution is -2.25. The van der Waals surface area contributed by atoms with Crippen molar-refractivity contribution in [1.29, 1.82) is 0 Å². The lowest BCUT2D eigenvalue weighted by molar-refractivity contribution is 0.0988. The van der Waals surface area contributed by atoms with E-state index in [0.717, 1.165) is 79.1 Å². The summed E-state index contributed by atoms with van der Waals surface area (Å²) in [5, 5.41) is 0.325. The van der Waals surface area contributed by atoms with Crippen molar-refractivity contribution in [1.82, 2.24) is 9.97 Å². The molecule has 0 radical (unpaired) electrons. The van der Waals surface area contributed by atoms with Crippen LogP contribution in [0.1, 0.15) is 93.6 Å². The van der Waals surface area contributed by atoms with E-state index in [2.05, 4.69) is 116 Å². The fraction of sp³-hybridized carbons (Fsp3) is 0.185. The van der Waals surface area contributed by atoms with Crippen LogP contribution >= 0.6 is 23.2 Å². The average molecular weight is 890 g/mol. The number of allylic oxidation sites excluding steroid dienone is 3. The Bertz CT molecular complexity index is 3050. The molecule has 2 aliphatic rings. The number of aromatic nitrogens is 2. The largest absolute Gasteiger partial charge is 0.288 e. The quantitative estimate of drug-likeness (QED) is 0.117. The van der Waals surface area contributed by atoms with E-state index >= 15 is 8.78 Å². The molecule has 1 aliphatic carbocycles. The molecule has 6 aromatic carbocycles. The summed E-state index contributed by atoms with van der Waals surface area (Å²) in [5.74, 6) is -1.89. The Morgan fingerprint density at radius 2 is 0.938 bits per heavy atom. The third-order valence-electron chi connectivity index (χ3n) is 11.9. The monoisotopic (exact) mass is 888 g/mol. The molecule has 2 heterocycles. The van der Waals surface area contributed by atoms with Crippen molar-refractivity contribution in [2.75, 3.05) is 9.80 Å². The molecule has 1 aromatic heterocycles. The minimum Gasteiger partial charge on any atom is -0.288 e. The van der Waals surface area contributed by atoms with Gasteiger partial charge in [0.15, 0.2) is 34.8 Å². The second-order valence-corrected chi connectivity index (χ2v) is 18.2. The van der Waals surface area contributed by atoms with Crippen LogP contribution in [-0.2, 0) is 0 Å².